The highest BCUT2D eigenvalue weighted by Crippen LogP contribution is 2.45. The summed E-state index contributed by atoms with van der Waals surface area (Å²) in [5.41, 5.74) is -0.637. The maximum absolute atomic E-state index is 14.2. The van der Waals surface area contributed by atoms with Crippen LogP contribution in [0.2, 0.25) is 0 Å². The van der Waals surface area contributed by atoms with Crippen LogP contribution in [-0.2, 0) is 28.2 Å². The molecule has 1 saturated carbocycles. The Labute approximate surface area is 198 Å². The molecule has 1 aliphatic carbocycles. The number of aromatic nitrogens is 2. The molecule has 7 heteroatoms. The largest absolute Gasteiger partial charge is 0.459 e. The van der Waals surface area contributed by atoms with Gasteiger partial charge in [-0.25, -0.2) is 22.7 Å². The first-order valence-corrected chi connectivity index (χ1v) is 11.7. The van der Waals surface area contributed by atoms with E-state index in [-0.39, 0.29) is 19.4 Å². The SMILES string of the molecule is Cc1n(CCOC(=O)[C@](O)(c2ccccc2)[C@H]2CCCC(F)(F)C2)cc[n+]1Cc1ccccc1. The van der Waals surface area contributed by atoms with Crippen LogP contribution in [0.4, 0.5) is 8.78 Å². The molecule has 1 aliphatic rings. The van der Waals surface area contributed by atoms with E-state index in [1.807, 2.05) is 42.1 Å². The van der Waals surface area contributed by atoms with Crippen LogP contribution in [0.1, 0.15) is 42.6 Å². The number of hydrogen-bond donors (Lipinski definition) is 1. The van der Waals surface area contributed by atoms with Gasteiger partial charge in [-0.1, -0.05) is 60.7 Å². The van der Waals surface area contributed by atoms with E-state index in [0.29, 0.717) is 18.5 Å². The van der Waals surface area contributed by atoms with Gasteiger partial charge >= 0.3 is 5.97 Å². The molecule has 2 atom stereocenters. The van der Waals surface area contributed by atoms with Crippen LogP contribution >= 0.6 is 0 Å². The monoisotopic (exact) mass is 469 g/mol. The third-order valence-electron chi connectivity index (χ3n) is 6.78. The Hall–Kier alpha value is -3.06. The lowest BCUT2D eigenvalue weighted by atomic mass is 9.72. The maximum Gasteiger partial charge on any atom is 0.343 e. The van der Waals surface area contributed by atoms with Gasteiger partial charge in [-0.05, 0) is 24.0 Å². The summed E-state index contributed by atoms with van der Waals surface area (Å²) in [5.74, 6) is -3.69. The maximum atomic E-state index is 14.2. The molecule has 1 aromatic heterocycles. The summed E-state index contributed by atoms with van der Waals surface area (Å²) in [7, 11) is 0. The summed E-state index contributed by atoms with van der Waals surface area (Å²) in [6, 6.07) is 18.4. The lowest BCUT2D eigenvalue weighted by Gasteiger charge is -2.39. The first-order chi connectivity index (χ1) is 16.3. The topological polar surface area (TPSA) is 55.3 Å². The highest BCUT2D eigenvalue weighted by molar-refractivity contribution is 5.81. The zero-order valence-electron chi connectivity index (χ0n) is 19.4. The average molecular weight is 470 g/mol. The Kier molecular flexibility index (Phi) is 7.12. The average Bonchev–Trinajstić information content (AvgIpc) is 3.18. The van der Waals surface area contributed by atoms with Gasteiger partial charge in [0, 0.05) is 25.7 Å². The van der Waals surface area contributed by atoms with E-state index >= 15 is 0 Å². The molecule has 34 heavy (non-hydrogen) atoms. The second-order valence-corrected chi connectivity index (χ2v) is 9.07. The number of carbonyl (C=O) groups is 1. The molecule has 0 radical (unpaired) electrons. The fourth-order valence-corrected chi connectivity index (χ4v) is 4.81. The minimum absolute atomic E-state index is 0.0257. The van der Waals surface area contributed by atoms with E-state index in [2.05, 4.69) is 16.7 Å². The number of alkyl halides is 2. The van der Waals surface area contributed by atoms with E-state index in [4.69, 9.17) is 4.74 Å². The van der Waals surface area contributed by atoms with Crippen molar-refractivity contribution >= 4 is 5.97 Å². The Morgan fingerprint density at radius 2 is 1.85 bits per heavy atom. The lowest BCUT2D eigenvalue weighted by molar-refractivity contribution is -0.694. The Morgan fingerprint density at radius 1 is 1.18 bits per heavy atom. The fourth-order valence-electron chi connectivity index (χ4n) is 4.81. The van der Waals surface area contributed by atoms with Crippen molar-refractivity contribution < 1.29 is 28.0 Å². The summed E-state index contributed by atoms with van der Waals surface area (Å²) in [5, 5.41) is 11.5. The number of halogens is 2. The zero-order valence-corrected chi connectivity index (χ0v) is 19.4. The van der Waals surface area contributed by atoms with Crippen molar-refractivity contribution in [2.75, 3.05) is 6.61 Å². The van der Waals surface area contributed by atoms with Gasteiger partial charge in [0.25, 0.3) is 5.82 Å². The summed E-state index contributed by atoms with van der Waals surface area (Å²) in [6.45, 7) is 3.13. The highest BCUT2D eigenvalue weighted by Gasteiger charge is 2.52. The van der Waals surface area contributed by atoms with Crippen LogP contribution in [0.5, 0.6) is 0 Å². The molecule has 0 spiro atoms. The van der Waals surface area contributed by atoms with Crippen LogP contribution in [0.15, 0.2) is 73.1 Å². The second kappa shape index (κ2) is 10.1. The lowest BCUT2D eigenvalue weighted by Crippen LogP contribution is -2.48. The second-order valence-electron chi connectivity index (χ2n) is 9.07. The number of ether oxygens (including phenoxy) is 1. The molecule has 2 aromatic carbocycles. The van der Waals surface area contributed by atoms with E-state index in [0.717, 1.165) is 12.4 Å². The molecular formula is C27H31F2N2O3+. The van der Waals surface area contributed by atoms with Crippen LogP contribution in [0.3, 0.4) is 0 Å². The number of benzene rings is 2. The standard InChI is InChI=1S/C27H31F2N2O3/c1-21-30(15-16-31(21)20-22-9-4-2-5-10-22)17-18-34-25(32)27(33,23-11-6-3-7-12-23)24-13-8-14-26(28,29)19-24/h2-7,9-12,15-16,24,33H,8,13-14,17-20H2,1H3/q+1/t24-,27-/m0/s1. The van der Waals surface area contributed by atoms with Gasteiger partial charge in [0.1, 0.15) is 32.1 Å². The molecule has 3 aromatic rings. The van der Waals surface area contributed by atoms with Crippen molar-refractivity contribution in [2.45, 2.75) is 57.2 Å². The van der Waals surface area contributed by atoms with Gasteiger partial charge in [0.2, 0.25) is 5.92 Å². The number of imidazole rings is 1. The van der Waals surface area contributed by atoms with Crippen LogP contribution in [0, 0.1) is 12.8 Å². The van der Waals surface area contributed by atoms with Gasteiger partial charge in [0.05, 0.1) is 0 Å². The third-order valence-corrected chi connectivity index (χ3v) is 6.78. The van der Waals surface area contributed by atoms with E-state index in [1.165, 1.54) is 5.56 Å². The predicted octanol–water partition coefficient (Wildman–Crippen LogP) is 4.39. The molecule has 0 bridgehead atoms. The number of nitrogens with zero attached hydrogens (tertiary/aromatic N) is 2. The smallest absolute Gasteiger partial charge is 0.343 e. The number of rotatable bonds is 8. The van der Waals surface area contributed by atoms with Crippen molar-refractivity contribution in [1.29, 1.82) is 0 Å². The molecule has 0 aliphatic heterocycles. The summed E-state index contributed by atoms with van der Waals surface area (Å²) < 4.78 is 37.9. The van der Waals surface area contributed by atoms with Gasteiger partial charge in [-0.3, -0.25) is 0 Å². The molecule has 1 fully saturated rings. The van der Waals surface area contributed by atoms with E-state index in [9.17, 15) is 18.7 Å². The van der Waals surface area contributed by atoms with Crippen molar-refractivity contribution in [3.8, 4) is 0 Å². The number of esters is 1. The van der Waals surface area contributed by atoms with Gasteiger partial charge < -0.3 is 9.84 Å². The fraction of sp³-hybridized carbons (Fsp3) is 0.407. The molecule has 1 N–H and O–H groups in total. The predicted molar refractivity (Wildman–Crippen MR) is 123 cm³/mol. The van der Waals surface area contributed by atoms with Gasteiger partial charge in [0.15, 0.2) is 5.60 Å². The summed E-state index contributed by atoms with van der Waals surface area (Å²) in [4.78, 5) is 13.2. The Morgan fingerprint density at radius 3 is 2.53 bits per heavy atom. The molecule has 4 rings (SSSR count). The van der Waals surface area contributed by atoms with Crippen molar-refractivity contribution in [3.63, 3.8) is 0 Å². The first-order valence-electron chi connectivity index (χ1n) is 11.7. The highest BCUT2D eigenvalue weighted by atomic mass is 19.3. The molecule has 1 heterocycles. The summed E-state index contributed by atoms with van der Waals surface area (Å²) in [6.07, 6.45) is 3.71. The normalized spacial score (nSPS) is 19.4. The van der Waals surface area contributed by atoms with Crippen molar-refractivity contribution in [1.82, 2.24) is 4.57 Å². The molecule has 0 saturated heterocycles. The molecular weight excluding hydrogens is 438 g/mol. The Balaban J connectivity index is 1.45. The van der Waals surface area contributed by atoms with Gasteiger partial charge in [-0.15, -0.1) is 0 Å². The number of hydrogen-bond acceptors (Lipinski definition) is 3. The first kappa shape index (κ1) is 24.1. The molecule has 180 valence electrons. The number of aliphatic hydroxyl groups is 1. The minimum atomic E-state index is -2.90. The molecule has 5 nitrogen and oxygen atoms in total. The summed E-state index contributed by atoms with van der Waals surface area (Å²) >= 11 is 0. The Bertz CT molecular complexity index is 1100. The minimum Gasteiger partial charge on any atom is -0.459 e. The van der Waals surface area contributed by atoms with E-state index < -0.39 is 29.8 Å². The zero-order chi connectivity index (χ0) is 24.2. The van der Waals surface area contributed by atoms with Crippen molar-refractivity contribution in [2.24, 2.45) is 5.92 Å². The number of carbonyl (C=O) groups excluding carboxylic acids is 1. The quantitative estimate of drug-likeness (QED) is 0.393. The van der Waals surface area contributed by atoms with E-state index in [1.54, 1.807) is 30.3 Å². The van der Waals surface area contributed by atoms with Crippen molar-refractivity contribution in [3.05, 3.63) is 90.0 Å². The molecule has 0 amide bonds. The van der Waals surface area contributed by atoms with Crippen LogP contribution in [0.25, 0.3) is 0 Å². The van der Waals surface area contributed by atoms with Gasteiger partial charge in [-0.2, -0.15) is 0 Å². The van der Waals surface area contributed by atoms with Crippen LogP contribution in [-0.4, -0.2) is 28.2 Å². The van der Waals surface area contributed by atoms with Crippen LogP contribution < -0.4 is 4.57 Å². The molecule has 0 unspecified atom stereocenters. The third kappa shape index (κ3) is 5.20.